The number of thioether (sulfide) groups is 1. The van der Waals surface area contributed by atoms with Crippen molar-refractivity contribution in [1.29, 1.82) is 0 Å². The van der Waals surface area contributed by atoms with Gasteiger partial charge in [0.25, 0.3) is 11.6 Å². The molecule has 1 heterocycles. The third-order valence-electron chi connectivity index (χ3n) is 4.39. The average molecular weight is 428 g/mol. The summed E-state index contributed by atoms with van der Waals surface area (Å²) in [6.07, 6.45) is 1.77. The molecule has 1 aliphatic rings. The smallest absolute Gasteiger partial charge is 0.283 e. The van der Waals surface area contributed by atoms with Crippen molar-refractivity contribution in [2.24, 2.45) is 0 Å². The van der Waals surface area contributed by atoms with E-state index in [-0.39, 0.29) is 30.0 Å². The average Bonchev–Trinajstić information content (AvgIpc) is 2.67. The minimum absolute atomic E-state index is 0. The number of rotatable bonds is 4. The lowest BCUT2D eigenvalue weighted by atomic mass is 10.0. The Kier molecular flexibility index (Phi) is 7.49. The molecule has 0 aromatic heterocycles. The number of carbonyl (C=O) groups is 1. The molecule has 0 bridgehead atoms. The van der Waals surface area contributed by atoms with Crippen molar-refractivity contribution >= 4 is 47.4 Å². The fraction of sp³-hybridized carbons (Fsp3) is 0.278. The zero-order valence-electron chi connectivity index (χ0n) is 14.6. The molecule has 144 valence electrons. The van der Waals surface area contributed by atoms with Crippen molar-refractivity contribution in [3.8, 4) is 0 Å². The van der Waals surface area contributed by atoms with Crippen LogP contribution in [0.15, 0.2) is 47.4 Å². The molecule has 27 heavy (non-hydrogen) atoms. The Labute approximate surface area is 172 Å². The number of nitro groups is 1. The largest absolute Gasteiger partial charge is 0.329 e. The molecule has 6 nitrogen and oxygen atoms in total. The second-order valence-electron chi connectivity index (χ2n) is 5.88. The van der Waals surface area contributed by atoms with E-state index in [1.54, 1.807) is 29.4 Å². The minimum atomic E-state index is -0.452. The predicted octanol–water partition coefficient (Wildman–Crippen LogP) is 4.18. The van der Waals surface area contributed by atoms with E-state index in [4.69, 9.17) is 11.6 Å². The van der Waals surface area contributed by atoms with Crippen LogP contribution in [0.3, 0.4) is 0 Å². The molecule has 1 atom stereocenters. The summed E-state index contributed by atoms with van der Waals surface area (Å²) < 4.78 is 0. The molecule has 1 aliphatic heterocycles. The highest BCUT2D eigenvalue weighted by molar-refractivity contribution is 7.98. The third-order valence-corrected chi connectivity index (χ3v) is 5.52. The van der Waals surface area contributed by atoms with Gasteiger partial charge in [-0.1, -0.05) is 29.8 Å². The van der Waals surface area contributed by atoms with E-state index < -0.39 is 4.92 Å². The number of nitrogens with zero attached hydrogens (tertiary/aromatic N) is 2. The number of nitro benzene ring substituents is 1. The van der Waals surface area contributed by atoms with Gasteiger partial charge in [-0.2, -0.15) is 0 Å². The molecule has 1 unspecified atom stereocenters. The molecule has 2 aromatic carbocycles. The van der Waals surface area contributed by atoms with Gasteiger partial charge in [-0.05, 0) is 30.0 Å². The van der Waals surface area contributed by atoms with Crippen LogP contribution in [0.4, 0.5) is 5.69 Å². The number of hydrogen-bond donors (Lipinski definition) is 1. The van der Waals surface area contributed by atoms with E-state index in [9.17, 15) is 14.9 Å². The summed E-state index contributed by atoms with van der Waals surface area (Å²) in [5, 5.41) is 15.2. The Morgan fingerprint density at radius 1 is 1.33 bits per heavy atom. The number of nitrogens with one attached hydrogen (secondary N) is 1. The van der Waals surface area contributed by atoms with Gasteiger partial charge in [-0.25, -0.2) is 0 Å². The molecular weight excluding hydrogens is 409 g/mol. The maximum Gasteiger partial charge on any atom is 0.283 e. The van der Waals surface area contributed by atoms with Gasteiger partial charge in [0.05, 0.1) is 15.9 Å². The van der Waals surface area contributed by atoms with Crippen molar-refractivity contribution < 1.29 is 9.72 Å². The van der Waals surface area contributed by atoms with Crippen LogP contribution in [0.25, 0.3) is 0 Å². The Balaban J connectivity index is 0.00000261. The Morgan fingerprint density at radius 3 is 2.74 bits per heavy atom. The van der Waals surface area contributed by atoms with E-state index >= 15 is 0 Å². The highest BCUT2D eigenvalue weighted by atomic mass is 35.5. The molecule has 2 aromatic rings. The van der Waals surface area contributed by atoms with Crippen LogP contribution in [-0.4, -0.2) is 41.6 Å². The molecule has 1 N–H and O–H groups in total. The van der Waals surface area contributed by atoms with Gasteiger partial charge >= 0.3 is 0 Å². The number of benzene rings is 2. The van der Waals surface area contributed by atoms with Crippen LogP contribution >= 0.6 is 35.8 Å². The zero-order valence-corrected chi connectivity index (χ0v) is 16.9. The van der Waals surface area contributed by atoms with E-state index in [0.717, 1.165) is 5.56 Å². The molecule has 1 fully saturated rings. The van der Waals surface area contributed by atoms with Gasteiger partial charge in [-0.3, -0.25) is 14.9 Å². The fourth-order valence-corrected chi connectivity index (χ4v) is 3.91. The maximum atomic E-state index is 13.1. The van der Waals surface area contributed by atoms with Gasteiger partial charge in [-0.15, -0.1) is 24.2 Å². The molecule has 9 heteroatoms. The summed E-state index contributed by atoms with van der Waals surface area (Å²) >= 11 is 7.61. The van der Waals surface area contributed by atoms with Crippen molar-refractivity contribution in [1.82, 2.24) is 10.2 Å². The van der Waals surface area contributed by atoms with Crippen LogP contribution in [-0.2, 0) is 0 Å². The summed E-state index contributed by atoms with van der Waals surface area (Å²) in [5.74, 6) is -0.229. The summed E-state index contributed by atoms with van der Waals surface area (Å²) in [4.78, 5) is 26.2. The summed E-state index contributed by atoms with van der Waals surface area (Å²) in [6.45, 7) is 1.75. The topological polar surface area (TPSA) is 75.5 Å². The molecule has 1 saturated heterocycles. The molecule has 1 amide bonds. The van der Waals surface area contributed by atoms with Crippen LogP contribution in [0.1, 0.15) is 22.0 Å². The van der Waals surface area contributed by atoms with Gasteiger partial charge in [0, 0.05) is 36.3 Å². The van der Waals surface area contributed by atoms with E-state index in [1.807, 2.05) is 18.2 Å². The van der Waals surface area contributed by atoms with Crippen LogP contribution in [0, 0.1) is 10.1 Å². The molecule has 0 aliphatic carbocycles. The number of piperazine rings is 1. The Morgan fingerprint density at radius 2 is 2.07 bits per heavy atom. The van der Waals surface area contributed by atoms with E-state index in [0.29, 0.717) is 35.1 Å². The van der Waals surface area contributed by atoms with E-state index in [2.05, 4.69) is 5.32 Å². The number of hydrogen-bond acceptors (Lipinski definition) is 5. The third kappa shape index (κ3) is 4.55. The first-order valence-corrected chi connectivity index (χ1v) is 9.71. The standard InChI is InChI=1S/C18H18ClN3O3S.ClH/c1-26-17-7-6-12(10-15(17)22(24)25)18(23)21-9-8-20-11-16(21)13-4-2-3-5-14(13)19;/h2-7,10,16,20H,8-9,11H2,1H3;1H. The first kappa shape index (κ1) is 21.5. The van der Waals surface area contributed by atoms with Crippen molar-refractivity contribution in [2.75, 3.05) is 25.9 Å². The monoisotopic (exact) mass is 427 g/mol. The highest BCUT2D eigenvalue weighted by Crippen LogP contribution is 2.32. The Bertz CT molecular complexity index is 850. The predicted molar refractivity (Wildman–Crippen MR) is 110 cm³/mol. The van der Waals surface area contributed by atoms with E-state index in [1.165, 1.54) is 17.8 Å². The molecule has 0 saturated carbocycles. The summed E-state index contributed by atoms with van der Waals surface area (Å²) in [7, 11) is 0. The zero-order chi connectivity index (χ0) is 18.7. The van der Waals surface area contributed by atoms with Crippen LogP contribution in [0.5, 0.6) is 0 Å². The van der Waals surface area contributed by atoms with Gasteiger partial charge in [0.15, 0.2) is 0 Å². The lowest BCUT2D eigenvalue weighted by Gasteiger charge is -2.37. The first-order chi connectivity index (χ1) is 12.5. The molecule has 0 spiro atoms. The second-order valence-corrected chi connectivity index (χ2v) is 7.14. The second kappa shape index (κ2) is 9.41. The number of halogens is 2. The Hall–Kier alpha value is -1.80. The van der Waals surface area contributed by atoms with Crippen LogP contribution in [0.2, 0.25) is 5.02 Å². The quantitative estimate of drug-likeness (QED) is 0.449. The number of carbonyl (C=O) groups excluding carboxylic acids is 1. The van der Waals surface area contributed by atoms with Crippen molar-refractivity contribution in [2.45, 2.75) is 10.9 Å². The minimum Gasteiger partial charge on any atom is -0.329 e. The maximum absolute atomic E-state index is 13.1. The molecule has 3 rings (SSSR count). The lowest BCUT2D eigenvalue weighted by Crippen LogP contribution is -2.48. The van der Waals surface area contributed by atoms with Crippen molar-refractivity contribution in [3.05, 3.63) is 68.7 Å². The highest BCUT2D eigenvalue weighted by Gasteiger charge is 2.30. The molecular formula is C18H19Cl2N3O3S. The number of amides is 1. The summed E-state index contributed by atoms with van der Waals surface area (Å²) in [6, 6.07) is 11.8. The normalized spacial score (nSPS) is 16.5. The summed E-state index contributed by atoms with van der Waals surface area (Å²) in [5.41, 5.74) is 1.13. The van der Waals surface area contributed by atoms with Crippen molar-refractivity contribution in [3.63, 3.8) is 0 Å². The lowest BCUT2D eigenvalue weighted by molar-refractivity contribution is -0.387. The van der Waals surface area contributed by atoms with Gasteiger partial charge in [0.2, 0.25) is 0 Å². The van der Waals surface area contributed by atoms with Gasteiger partial charge < -0.3 is 10.2 Å². The first-order valence-electron chi connectivity index (χ1n) is 8.11. The van der Waals surface area contributed by atoms with Crippen LogP contribution < -0.4 is 5.32 Å². The molecule has 0 radical (unpaired) electrons. The fourth-order valence-electron chi connectivity index (χ4n) is 3.10. The SMILES string of the molecule is CSc1ccc(C(=O)N2CCNCC2c2ccccc2Cl)cc1[N+](=O)[O-].Cl. The van der Waals surface area contributed by atoms with Gasteiger partial charge in [0.1, 0.15) is 0 Å².